The Bertz CT molecular complexity index is 704. The number of nitrogens with one attached hydrogen (secondary N) is 1. The molecule has 0 atom stereocenters. The highest BCUT2D eigenvalue weighted by atomic mass is 32.1. The molecule has 0 saturated heterocycles. The van der Waals surface area contributed by atoms with E-state index in [2.05, 4.69) is 20.3 Å². The molecule has 94 valence electrons. The van der Waals surface area contributed by atoms with Gasteiger partial charge in [0.15, 0.2) is 5.13 Å². The van der Waals surface area contributed by atoms with Gasteiger partial charge in [-0.15, -0.1) is 0 Å². The molecule has 1 aromatic carbocycles. The minimum absolute atomic E-state index is 0.202. The minimum atomic E-state index is -0.355. The predicted molar refractivity (Wildman–Crippen MR) is 74.0 cm³/mol. The number of aromatic nitrogens is 3. The first-order chi connectivity index (χ1) is 9.22. The molecule has 0 unspecified atom stereocenters. The van der Waals surface area contributed by atoms with Gasteiger partial charge in [-0.2, -0.15) is 0 Å². The largest absolute Gasteiger partial charge is 0.382 e. The quantitative estimate of drug-likeness (QED) is 0.742. The number of anilines is 2. The van der Waals surface area contributed by atoms with Gasteiger partial charge in [0.1, 0.15) is 11.5 Å². The van der Waals surface area contributed by atoms with Crippen molar-refractivity contribution in [1.29, 1.82) is 0 Å². The van der Waals surface area contributed by atoms with Crippen molar-refractivity contribution < 1.29 is 4.79 Å². The van der Waals surface area contributed by atoms with Crippen LogP contribution in [0.1, 0.15) is 10.5 Å². The van der Waals surface area contributed by atoms with Gasteiger partial charge in [-0.25, -0.2) is 15.0 Å². The topological polar surface area (TPSA) is 93.8 Å². The number of fused-ring (bicyclic) bond motifs is 1. The maximum Gasteiger partial charge on any atom is 0.277 e. The first kappa shape index (κ1) is 11.5. The number of para-hydroxylation sites is 1. The third-order valence-corrected chi connectivity index (χ3v) is 3.37. The summed E-state index contributed by atoms with van der Waals surface area (Å²) in [5, 5.41) is 3.22. The van der Waals surface area contributed by atoms with Crippen LogP contribution in [0.25, 0.3) is 10.2 Å². The second-order valence-corrected chi connectivity index (χ2v) is 4.80. The molecule has 1 amide bonds. The van der Waals surface area contributed by atoms with Crippen LogP contribution in [0, 0.1) is 0 Å². The van der Waals surface area contributed by atoms with E-state index < -0.39 is 0 Å². The van der Waals surface area contributed by atoms with Crippen LogP contribution in [0.3, 0.4) is 0 Å². The second kappa shape index (κ2) is 4.62. The zero-order valence-electron chi connectivity index (χ0n) is 9.70. The van der Waals surface area contributed by atoms with Crippen LogP contribution in [0.15, 0.2) is 36.7 Å². The SMILES string of the molecule is Nc1cnc(C(=O)Nc2nc3ccccc3s2)cn1. The fourth-order valence-corrected chi connectivity index (χ4v) is 2.40. The van der Waals surface area contributed by atoms with Gasteiger partial charge >= 0.3 is 0 Å². The number of benzene rings is 1. The molecule has 0 saturated carbocycles. The molecule has 0 radical (unpaired) electrons. The van der Waals surface area contributed by atoms with Crippen LogP contribution >= 0.6 is 11.3 Å². The Labute approximate surface area is 112 Å². The third-order valence-electron chi connectivity index (χ3n) is 2.42. The van der Waals surface area contributed by atoms with E-state index in [1.165, 1.54) is 23.7 Å². The normalized spacial score (nSPS) is 10.5. The molecule has 2 heterocycles. The lowest BCUT2D eigenvalue weighted by Gasteiger charge is -1.99. The van der Waals surface area contributed by atoms with Crippen molar-refractivity contribution in [3.63, 3.8) is 0 Å². The molecule has 0 aliphatic heterocycles. The Kier molecular flexibility index (Phi) is 2.81. The van der Waals surface area contributed by atoms with Crippen LogP contribution in [-0.4, -0.2) is 20.9 Å². The van der Waals surface area contributed by atoms with Crippen LogP contribution in [0.2, 0.25) is 0 Å². The van der Waals surface area contributed by atoms with Gasteiger partial charge in [-0.1, -0.05) is 23.5 Å². The zero-order valence-corrected chi connectivity index (χ0v) is 10.5. The molecule has 0 bridgehead atoms. The predicted octanol–water partition coefficient (Wildman–Crippen LogP) is 1.92. The first-order valence-corrected chi connectivity index (χ1v) is 6.28. The van der Waals surface area contributed by atoms with Crippen molar-refractivity contribution in [1.82, 2.24) is 15.0 Å². The van der Waals surface area contributed by atoms with Gasteiger partial charge in [0.25, 0.3) is 5.91 Å². The lowest BCUT2D eigenvalue weighted by atomic mass is 10.3. The molecule has 3 rings (SSSR count). The van der Waals surface area contributed by atoms with Gasteiger partial charge in [-0.3, -0.25) is 10.1 Å². The number of amides is 1. The van der Waals surface area contributed by atoms with Gasteiger partial charge in [0, 0.05) is 0 Å². The molecule has 6 nitrogen and oxygen atoms in total. The number of nitrogens with zero attached hydrogens (tertiary/aromatic N) is 3. The van der Waals surface area contributed by atoms with Crippen molar-refractivity contribution >= 4 is 38.4 Å². The number of carbonyl (C=O) groups is 1. The molecular formula is C12H9N5OS. The van der Waals surface area contributed by atoms with Crippen LogP contribution in [0.4, 0.5) is 10.9 Å². The van der Waals surface area contributed by atoms with Crippen molar-refractivity contribution in [2.24, 2.45) is 0 Å². The fraction of sp³-hybridized carbons (Fsp3) is 0. The van der Waals surface area contributed by atoms with Gasteiger partial charge in [-0.05, 0) is 12.1 Å². The summed E-state index contributed by atoms with van der Waals surface area (Å²) >= 11 is 1.41. The Morgan fingerprint density at radius 2 is 2.05 bits per heavy atom. The summed E-state index contributed by atoms with van der Waals surface area (Å²) in [6, 6.07) is 7.67. The lowest BCUT2D eigenvalue weighted by Crippen LogP contribution is -2.14. The minimum Gasteiger partial charge on any atom is -0.382 e. The maximum absolute atomic E-state index is 11.9. The molecule has 7 heteroatoms. The maximum atomic E-state index is 11.9. The molecule has 19 heavy (non-hydrogen) atoms. The molecule has 0 spiro atoms. The summed E-state index contributed by atoms with van der Waals surface area (Å²) in [4.78, 5) is 24.0. The van der Waals surface area contributed by atoms with Crippen molar-refractivity contribution in [2.45, 2.75) is 0 Å². The third kappa shape index (κ3) is 2.36. The molecule has 3 N–H and O–H groups in total. The van der Waals surface area contributed by atoms with Gasteiger partial charge < -0.3 is 5.73 Å². The Morgan fingerprint density at radius 1 is 1.21 bits per heavy atom. The average molecular weight is 271 g/mol. The zero-order chi connectivity index (χ0) is 13.2. The van der Waals surface area contributed by atoms with E-state index in [0.717, 1.165) is 10.2 Å². The van der Waals surface area contributed by atoms with E-state index in [1.54, 1.807) is 0 Å². The lowest BCUT2D eigenvalue weighted by molar-refractivity contribution is 0.102. The van der Waals surface area contributed by atoms with E-state index in [1.807, 2.05) is 24.3 Å². The smallest absolute Gasteiger partial charge is 0.277 e. The van der Waals surface area contributed by atoms with Gasteiger partial charge in [0.2, 0.25) is 0 Å². The van der Waals surface area contributed by atoms with Gasteiger partial charge in [0.05, 0.1) is 22.6 Å². The monoisotopic (exact) mass is 271 g/mol. The summed E-state index contributed by atoms with van der Waals surface area (Å²) in [5.41, 5.74) is 6.47. The molecule has 0 aliphatic carbocycles. The number of rotatable bonds is 2. The molecule has 3 aromatic rings. The van der Waals surface area contributed by atoms with Crippen LogP contribution in [-0.2, 0) is 0 Å². The van der Waals surface area contributed by atoms with Crippen molar-refractivity contribution in [2.75, 3.05) is 11.1 Å². The van der Waals surface area contributed by atoms with Crippen molar-refractivity contribution in [3.05, 3.63) is 42.4 Å². The number of nitrogen functional groups attached to an aromatic ring is 1. The average Bonchev–Trinajstić information content (AvgIpc) is 2.81. The summed E-state index contributed by atoms with van der Waals surface area (Å²) in [5.74, 6) is -0.0805. The first-order valence-electron chi connectivity index (χ1n) is 5.47. The summed E-state index contributed by atoms with van der Waals surface area (Å²) in [6.45, 7) is 0. The second-order valence-electron chi connectivity index (χ2n) is 3.77. The Morgan fingerprint density at radius 3 is 2.79 bits per heavy atom. The highest BCUT2D eigenvalue weighted by Gasteiger charge is 2.11. The van der Waals surface area contributed by atoms with Crippen molar-refractivity contribution in [3.8, 4) is 0 Å². The number of thiazole rings is 1. The Hall–Kier alpha value is -2.54. The number of hydrogen-bond donors (Lipinski definition) is 2. The highest BCUT2D eigenvalue weighted by Crippen LogP contribution is 2.25. The summed E-state index contributed by atoms with van der Waals surface area (Å²) in [6.07, 6.45) is 2.67. The van der Waals surface area contributed by atoms with E-state index in [9.17, 15) is 4.79 Å². The number of carbonyl (C=O) groups excluding carboxylic acids is 1. The fourth-order valence-electron chi connectivity index (χ4n) is 1.54. The molecule has 0 aliphatic rings. The summed E-state index contributed by atoms with van der Waals surface area (Å²) in [7, 11) is 0. The van der Waals surface area contributed by atoms with Crippen LogP contribution in [0.5, 0.6) is 0 Å². The van der Waals surface area contributed by atoms with E-state index in [0.29, 0.717) is 5.13 Å². The van der Waals surface area contributed by atoms with E-state index in [4.69, 9.17) is 5.73 Å². The van der Waals surface area contributed by atoms with Crippen LogP contribution < -0.4 is 11.1 Å². The number of hydrogen-bond acceptors (Lipinski definition) is 6. The standard InChI is InChI=1S/C12H9N5OS/c13-10-6-14-8(5-15-10)11(18)17-12-16-7-3-1-2-4-9(7)19-12/h1-6H,(H2,13,15)(H,16,17,18). The highest BCUT2D eigenvalue weighted by molar-refractivity contribution is 7.22. The molecule has 0 fully saturated rings. The van der Waals surface area contributed by atoms with E-state index >= 15 is 0 Å². The number of nitrogens with two attached hydrogens (primary N) is 1. The Balaban J connectivity index is 1.84. The summed E-state index contributed by atoms with van der Waals surface area (Å²) < 4.78 is 1.01. The molecular weight excluding hydrogens is 262 g/mol. The van der Waals surface area contributed by atoms with E-state index in [-0.39, 0.29) is 17.4 Å². The molecule has 2 aromatic heterocycles.